The summed E-state index contributed by atoms with van der Waals surface area (Å²) in [4.78, 5) is 16.2. The third-order valence-corrected chi connectivity index (χ3v) is 3.71. The molecule has 0 atom stereocenters. The average molecular weight is 287 g/mol. The Morgan fingerprint density at radius 2 is 2.15 bits per heavy atom. The van der Waals surface area contributed by atoms with Crippen LogP contribution in [0.2, 0.25) is 0 Å². The number of rotatable bonds is 4. The van der Waals surface area contributed by atoms with Gasteiger partial charge in [0.25, 0.3) is 5.56 Å². The van der Waals surface area contributed by atoms with E-state index in [9.17, 15) is 4.79 Å². The number of nitrogens with one attached hydrogen (secondary N) is 1. The van der Waals surface area contributed by atoms with Crippen molar-refractivity contribution < 1.29 is 0 Å². The van der Waals surface area contributed by atoms with Crippen LogP contribution in [-0.2, 0) is 6.54 Å². The molecule has 2 heterocycles. The predicted octanol–water partition coefficient (Wildman–Crippen LogP) is 1.73. The first-order valence-electron chi connectivity index (χ1n) is 6.29. The van der Waals surface area contributed by atoms with Gasteiger partial charge in [-0.15, -0.1) is 10.2 Å². The van der Waals surface area contributed by atoms with E-state index in [0.717, 1.165) is 27.7 Å². The minimum Gasteiger partial charge on any atom is -0.360 e. The summed E-state index contributed by atoms with van der Waals surface area (Å²) in [6.07, 6.45) is 1.34. The molecule has 0 amide bonds. The molecule has 0 aliphatic heterocycles. The topological polar surface area (TPSA) is 72.7 Å². The highest BCUT2D eigenvalue weighted by Crippen LogP contribution is 2.17. The van der Waals surface area contributed by atoms with Crippen molar-refractivity contribution in [1.82, 2.24) is 19.7 Å². The summed E-state index contributed by atoms with van der Waals surface area (Å²) < 4.78 is 1.67. The maximum absolute atomic E-state index is 12.0. The summed E-state index contributed by atoms with van der Waals surface area (Å²) in [6.45, 7) is 3.21. The smallest absolute Gasteiger partial charge is 0.269 e. The second-order valence-electron chi connectivity index (χ2n) is 4.20. The summed E-state index contributed by atoms with van der Waals surface area (Å²) in [6, 6.07) is 7.56. The van der Waals surface area contributed by atoms with Crippen molar-refractivity contribution in [2.75, 3.05) is 11.9 Å². The minimum absolute atomic E-state index is 0.135. The van der Waals surface area contributed by atoms with E-state index in [-0.39, 0.29) is 5.56 Å². The van der Waals surface area contributed by atoms with Gasteiger partial charge in [-0.25, -0.2) is 4.98 Å². The molecular formula is C13H13N5OS. The number of hydrogen-bond donors (Lipinski definition) is 1. The zero-order valence-corrected chi connectivity index (χ0v) is 11.7. The molecule has 3 rings (SSSR count). The van der Waals surface area contributed by atoms with Gasteiger partial charge < -0.3 is 5.32 Å². The zero-order chi connectivity index (χ0) is 13.9. The van der Waals surface area contributed by atoms with E-state index in [2.05, 4.69) is 20.5 Å². The van der Waals surface area contributed by atoms with Gasteiger partial charge in [-0.2, -0.15) is 0 Å². The Morgan fingerprint density at radius 3 is 3.00 bits per heavy atom. The Morgan fingerprint density at radius 1 is 1.30 bits per heavy atom. The Labute approximate surface area is 119 Å². The minimum atomic E-state index is -0.135. The fourth-order valence-corrected chi connectivity index (χ4v) is 2.75. The van der Waals surface area contributed by atoms with Gasteiger partial charge in [-0.05, 0) is 19.1 Å². The first-order valence-corrected chi connectivity index (χ1v) is 7.10. The molecule has 6 nitrogen and oxygen atoms in total. The molecule has 1 N–H and O–H groups in total. The molecule has 0 radical (unpaired) electrons. The molecular weight excluding hydrogens is 274 g/mol. The molecule has 1 aromatic carbocycles. The standard InChI is InChI=1S/C13H13N5OS/c1-2-14-13-17-16-11(20-13)8-18-10-6-4-3-5-9(10)15-7-12(18)19/h3-7H,2,8H2,1H3,(H,14,17). The summed E-state index contributed by atoms with van der Waals surface area (Å²) >= 11 is 1.46. The van der Waals surface area contributed by atoms with Crippen LogP contribution in [0.15, 0.2) is 35.3 Å². The van der Waals surface area contributed by atoms with Gasteiger partial charge in [0.2, 0.25) is 5.13 Å². The summed E-state index contributed by atoms with van der Waals surface area (Å²) in [5, 5.41) is 12.8. The fourth-order valence-electron chi connectivity index (χ4n) is 1.95. The second-order valence-corrected chi connectivity index (χ2v) is 5.26. The van der Waals surface area contributed by atoms with Gasteiger partial charge >= 0.3 is 0 Å². The average Bonchev–Trinajstić information content (AvgIpc) is 2.90. The predicted molar refractivity (Wildman–Crippen MR) is 79.2 cm³/mol. The molecule has 0 bridgehead atoms. The Bertz CT molecular complexity index is 795. The van der Waals surface area contributed by atoms with E-state index in [0.29, 0.717) is 6.54 Å². The van der Waals surface area contributed by atoms with Crippen LogP contribution >= 0.6 is 11.3 Å². The number of aromatic nitrogens is 4. The van der Waals surface area contributed by atoms with Gasteiger partial charge in [-0.1, -0.05) is 23.5 Å². The third-order valence-electron chi connectivity index (χ3n) is 2.84. The number of anilines is 1. The van der Waals surface area contributed by atoms with E-state index in [1.807, 2.05) is 31.2 Å². The van der Waals surface area contributed by atoms with E-state index in [4.69, 9.17) is 0 Å². The van der Waals surface area contributed by atoms with Crippen LogP contribution in [0, 0.1) is 0 Å². The summed E-state index contributed by atoms with van der Waals surface area (Å²) in [7, 11) is 0. The largest absolute Gasteiger partial charge is 0.360 e. The van der Waals surface area contributed by atoms with Crippen LogP contribution in [0.5, 0.6) is 0 Å². The SMILES string of the molecule is CCNc1nnc(Cn2c(=O)cnc3ccccc32)s1. The number of hydrogen-bond acceptors (Lipinski definition) is 6. The fraction of sp³-hybridized carbons (Fsp3) is 0.231. The monoisotopic (exact) mass is 287 g/mol. The van der Waals surface area contributed by atoms with E-state index in [1.165, 1.54) is 17.5 Å². The lowest BCUT2D eigenvalue weighted by Crippen LogP contribution is -2.20. The van der Waals surface area contributed by atoms with E-state index in [1.54, 1.807) is 4.57 Å². The number of para-hydroxylation sites is 2. The normalized spacial score (nSPS) is 10.8. The highest BCUT2D eigenvalue weighted by molar-refractivity contribution is 7.15. The molecule has 0 saturated carbocycles. The van der Waals surface area contributed by atoms with Crippen LogP contribution in [-0.4, -0.2) is 26.3 Å². The molecule has 3 aromatic rings. The van der Waals surface area contributed by atoms with E-state index < -0.39 is 0 Å². The zero-order valence-electron chi connectivity index (χ0n) is 10.9. The van der Waals surface area contributed by atoms with Crippen molar-refractivity contribution in [3.8, 4) is 0 Å². The van der Waals surface area contributed by atoms with Gasteiger partial charge in [0.1, 0.15) is 5.01 Å². The quantitative estimate of drug-likeness (QED) is 0.791. The lowest BCUT2D eigenvalue weighted by atomic mass is 10.3. The van der Waals surface area contributed by atoms with Crippen LogP contribution in [0.25, 0.3) is 11.0 Å². The van der Waals surface area contributed by atoms with Crippen LogP contribution < -0.4 is 10.9 Å². The van der Waals surface area contributed by atoms with Gasteiger partial charge in [0.05, 0.1) is 23.8 Å². The molecule has 0 saturated heterocycles. The van der Waals surface area contributed by atoms with Crippen molar-refractivity contribution in [1.29, 1.82) is 0 Å². The molecule has 0 aliphatic carbocycles. The maximum Gasteiger partial charge on any atom is 0.269 e. The third kappa shape index (κ3) is 2.39. The van der Waals surface area contributed by atoms with Gasteiger partial charge in [0.15, 0.2) is 0 Å². The Balaban J connectivity index is 2.01. The molecule has 0 fully saturated rings. The van der Waals surface area contributed by atoms with Crippen LogP contribution in [0.3, 0.4) is 0 Å². The lowest BCUT2D eigenvalue weighted by Gasteiger charge is -2.06. The van der Waals surface area contributed by atoms with Crippen molar-refractivity contribution in [2.45, 2.75) is 13.5 Å². The number of nitrogens with zero attached hydrogens (tertiary/aromatic N) is 4. The van der Waals surface area contributed by atoms with Gasteiger partial charge in [0, 0.05) is 6.54 Å². The molecule has 102 valence electrons. The molecule has 20 heavy (non-hydrogen) atoms. The van der Waals surface area contributed by atoms with Crippen LogP contribution in [0.4, 0.5) is 5.13 Å². The first-order chi connectivity index (χ1) is 9.78. The number of benzene rings is 1. The molecule has 0 spiro atoms. The van der Waals surface area contributed by atoms with Crippen molar-refractivity contribution in [3.63, 3.8) is 0 Å². The molecule has 7 heteroatoms. The van der Waals surface area contributed by atoms with Crippen molar-refractivity contribution in [2.24, 2.45) is 0 Å². The van der Waals surface area contributed by atoms with Crippen molar-refractivity contribution >= 4 is 27.5 Å². The highest BCUT2D eigenvalue weighted by Gasteiger charge is 2.08. The number of fused-ring (bicyclic) bond motifs is 1. The second kappa shape index (κ2) is 5.38. The first kappa shape index (κ1) is 12.7. The lowest BCUT2D eigenvalue weighted by molar-refractivity contribution is 0.768. The molecule has 0 aliphatic rings. The molecule has 0 unspecified atom stereocenters. The molecule has 2 aromatic heterocycles. The maximum atomic E-state index is 12.0. The van der Waals surface area contributed by atoms with E-state index >= 15 is 0 Å². The van der Waals surface area contributed by atoms with Crippen LogP contribution in [0.1, 0.15) is 11.9 Å². The summed E-state index contributed by atoms with van der Waals surface area (Å²) in [5.74, 6) is 0. The Kier molecular flexibility index (Phi) is 3.42. The van der Waals surface area contributed by atoms with Crippen molar-refractivity contribution in [3.05, 3.63) is 45.8 Å². The summed E-state index contributed by atoms with van der Waals surface area (Å²) in [5.41, 5.74) is 1.47. The highest BCUT2D eigenvalue weighted by atomic mass is 32.1. The van der Waals surface area contributed by atoms with Gasteiger partial charge in [-0.3, -0.25) is 9.36 Å². The Hall–Kier alpha value is -2.28.